The fraction of sp³-hybridized carbons (Fsp3) is 0.692. The molecule has 0 aliphatic heterocycles. The first-order valence-electron chi connectivity index (χ1n) is 6.21. The van der Waals surface area contributed by atoms with Crippen LogP contribution in [0, 0.1) is 13.8 Å². The zero-order valence-corrected chi connectivity index (χ0v) is 11.3. The van der Waals surface area contributed by atoms with E-state index in [0.717, 1.165) is 49.8 Å². The van der Waals surface area contributed by atoms with Gasteiger partial charge >= 0.3 is 0 Å². The summed E-state index contributed by atoms with van der Waals surface area (Å²) in [6.07, 6.45) is 1.87. The van der Waals surface area contributed by atoms with E-state index < -0.39 is 0 Å². The van der Waals surface area contributed by atoms with E-state index in [2.05, 4.69) is 36.1 Å². The number of methoxy groups -OCH3 is 1. The first-order valence-corrected chi connectivity index (χ1v) is 6.21. The van der Waals surface area contributed by atoms with Gasteiger partial charge in [0.25, 0.3) is 0 Å². The quantitative estimate of drug-likeness (QED) is 0.729. The van der Waals surface area contributed by atoms with Crippen molar-refractivity contribution in [3.05, 3.63) is 22.8 Å². The van der Waals surface area contributed by atoms with Crippen molar-refractivity contribution >= 4 is 0 Å². The highest BCUT2D eigenvalue weighted by molar-refractivity contribution is 5.24. The molecule has 1 aromatic rings. The summed E-state index contributed by atoms with van der Waals surface area (Å²) in [4.78, 5) is 9.01. The van der Waals surface area contributed by atoms with Crippen molar-refractivity contribution < 1.29 is 4.74 Å². The van der Waals surface area contributed by atoms with Gasteiger partial charge in [-0.2, -0.15) is 0 Å². The van der Waals surface area contributed by atoms with Crippen LogP contribution in [-0.4, -0.2) is 36.8 Å². The van der Waals surface area contributed by atoms with Gasteiger partial charge in [0.2, 0.25) is 0 Å². The molecule has 0 aromatic carbocycles. The predicted molar refractivity (Wildman–Crippen MR) is 69.3 cm³/mol. The first-order chi connectivity index (χ1) is 8.19. The standard InChI is InChI=1S/C13H23N3O/c1-5-13-15-10(2)12(11(3)16-13)6-7-14-8-9-17-4/h14H,5-9H2,1-4H3. The Labute approximate surface area is 104 Å². The molecule has 0 unspecified atom stereocenters. The van der Waals surface area contributed by atoms with Gasteiger partial charge in [-0.05, 0) is 32.4 Å². The molecule has 4 heteroatoms. The third-order valence-corrected chi connectivity index (χ3v) is 2.82. The maximum absolute atomic E-state index is 4.98. The van der Waals surface area contributed by atoms with Crippen LogP contribution in [0.15, 0.2) is 0 Å². The Bertz CT molecular complexity index is 330. The zero-order chi connectivity index (χ0) is 12.7. The van der Waals surface area contributed by atoms with E-state index in [1.54, 1.807) is 7.11 Å². The minimum Gasteiger partial charge on any atom is -0.383 e. The molecule has 0 radical (unpaired) electrons. The molecule has 0 atom stereocenters. The van der Waals surface area contributed by atoms with Gasteiger partial charge in [0.05, 0.1) is 6.61 Å². The second kappa shape index (κ2) is 7.35. The highest BCUT2D eigenvalue weighted by atomic mass is 16.5. The molecular formula is C13H23N3O. The summed E-state index contributed by atoms with van der Waals surface area (Å²) in [5.41, 5.74) is 3.50. The maximum Gasteiger partial charge on any atom is 0.128 e. The minimum absolute atomic E-state index is 0.753. The van der Waals surface area contributed by atoms with Gasteiger partial charge in [-0.25, -0.2) is 9.97 Å². The molecule has 0 aliphatic rings. The summed E-state index contributed by atoms with van der Waals surface area (Å²) in [5, 5.41) is 3.34. The summed E-state index contributed by atoms with van der Waals surface area (Å²) in [6.45, 7) is 8.81. The van der Waals surface area contributed by atoms with Crippen molar-refractivity contribution in [1.29, 1.82) is 0 Å². The van der Waals surface area contributed by atoms with Gasteiger partial charge in [-0.15, -0.1) is 0 Å². The van der Waals surface area contributed by atoms with Crippen molar-refractivity contribution in [2.45, 2.75) is 33.6 Å². The molecule has 0 saturated carbocycles. The van der Waals surface area contributed by atoms with Crippen LogP contribution in [0.3, 0.4) is 0 Å². The van der Waals surface area contributed by atoms with E-state index in [4.69, 9.17) is 4.74 Å². The summed E-state index contributed by atoms with van der Waals surface area (Å²) in [6, 6.07) is 0. The zero-order valence-electron chi connectivity index (χ0n) is 11.3. The fourth-order valence-electron chi connectivity index (χ4n) is 1.84. The number of rotatable bonds is 7. The van der Waals surface area contributed by atoms with Gasteiger partial charge in [-0.3, -0.25) is 0 Å². The molecule has 96 valence electrons. The Morgan fingerprint density at radius 2 is 1.76 bits per heavy atom. The molecule has 0 spiro atoms. The van der Waals surface area contributed by atoms with Crippen LogP contribution in [0.4, 0.5) is 0 Å². The highest BCUT2D eigenvalue weighted by Gasteiger charge is 2.06. The van der Waals surface area contributed by atoms with Gasteiger partial charge in [-0.1, -0.05) is 6.92 Å². The van der Waals surface area contributed by atoms with Crippen LogP contribution in [0.2, 0.25) is 0 Å². The number of nitrogens with one attached hydrogen (secondary N) is 1. The second-order valence-electron chi connectivity index (χ2n) is 4.14. The number of hydrogen-bond acceptors (Lipinski definition) is 4. The molecule has 0 saturated heterocycles. The van der Waals surface area contributed by atoms with Crippen molar-refractivity contribution in [1.82, 2.24) is 15.3 Å². The van der Waals surface area contributed by atoms with E-state index in [1.807, 2.05) is 0 Å². The maximum atomic E-state index is 4.98. The Morgan fingerprint density at radius 3 is 2.29 bits per heavy atom. The van der Waals surface area contributed by atoms with Gasteiger partial charge in [0.1, 0.15) is 5.82 Å². The van der Waals surface area contributed by atoms with E-state index >= 15 is 0 Å². The van der Waals surface area contributed by atoms with E-state index in [0.29, 0.717) is 0 Å². The molecule has 0 aliphatic carbocycles. The van der Waals surface area contributed by atoms with Crippen molar-refractivity contribution in [2.75, 3.05) is 26.8 Å². The molecule has 1 heterocycles. The third-order valence-electron chi connectivity index (χ3n) is 2.82. The van der Waals surface area contributed by atoms with E-state index in [1.165, 1.54) is 5.56 Å². The monoisotopic (exact) mass is 237 g/mol. The average molecular weight is 237 g/mol. The van der Waals surface area contributed by atoms with E-state index in [-0.39, 0.29) is 0 Å². The van der Waals surface area contributed by atoms with E-state index in [9.17, 15) is 0 Å². The van der Waals surface area contributed by atoms with Crippen molar-refractivity contribution in [2.24, 2.45) is 0 Å². The summed E-state index contributed by atoms with van der Waals surface area (Å²) in [7, 11) is 1.72. The largest absolute Gasteiger partial charge is 0.383 e. The second-order valence-corrected chi connectivity index (χ2v) is 4.14. The molecule has 0 amide bonds. The van der Waals surface area contributed by atoms with Crippen molar-refractivity contribution in [3.8, 4) is 0 Å². The van der Waals surface area contributed by atoms with Crippen molar-refractivity contribution in [3.63, 3.8) is 0 Å². The van der Waals surface area contributed by atoms with Crippen LogP contribution in [0.1, 0.15) is 29.7 Å². The molecule has 4 nitrogen and oxygen atoms in total. The predicted octanol–water partition coefficient (Wildman–Crippen LogP) is 1.43. The molecule has 1 rings (SSSR count). The number of nitrogens with zero attached hydrogens (tertiary/aromatic N) is 2. The number of aryl methyl sites for hydroxylation is 3. The van der Waals surface area contributed by atoms with Crippen LogP contribution in [0.25, 0.3) is 0 Å². The lowest BCUT2D eigenvalue weighted by Gasteiger charge is -2.10. The first kappa shape index (κ1) is 14.1. The van der Waals surface area contributed by atoms with Crippen LogP contribution >= 0.6 is 0 Å². The normalized spacial score (nSPS) is 10.8. The lowest BCUT2D eigenvalue weighted by Crippen LogP contribution is -2.22. The van der Waals surface area contributed by atoms with Crippen LogP contribution < -0.4 is 5.32 Å². The molecular weight excluding hydrogens is 214 g/mol. The smallest absolute Gasteiger partial charge is 0.128 e. The van der Waals surface area contributed by atoms with Gasteiger partial charge < -0.3 is 10.1 Å². The van der Waals surface area contributed by atoms with Gasteiger partial charge in [0.15, 0.2) is 0 Å². The average Bonchev–Trinajstić information content (AvgIpc) is 2.31. The number of ether oxygens (including phenoxy) is 1. The Balaban J connectivity index is 2.53. The topological polar surface area (TPSA) is 47.0 Å². The molecule has 0 bridgehead atoms. The molecule has 17 heavy (non-hydrogen) atoms. The summed E-state index contributed by atoms with van der Waals surface area (Å²) >= 11 is 0. The van der Waals surface area contributed by atoms with Crippen LogP contribution in [-0.2, 0) is 17.6 Å². The highest BCUT2D eigenvalue weighted by Crippen LogP contribution is 2.10. The molecule has 1 aromatic heterocycles. The summed E-state index contributed by atoms with van der Waals surface area (Å²) in [5.74, 6) is 0.941. The number of hydrogen-bond donors (Lipinski definition) is 1. The Hall–Kier alpha value is -1.00. The lowest BCUT2D eigenvalue weighted by molar-refractivity contribution is 0.199. The Kier molecular flexibility index (Phi) is 6.08. The van der Waals surface area contributed by atoms with Crippen LogP contribution in [0.5, 0.6) is 0 Å². The molecule has 1 N–H and O–H groups in total. The SMILES string of the molecule is CCc1nc(C)c(CCNCCOC)c(C)n1. The molecule has 0 fully saturated rings. The number of aromatic nitrogens is 2. The Morgan fingerprint density at radius 1 is 1.12 bits per heavy atom. The lowest BCUT2D eigenvalue weighted by atomic mass is 10.1. The minimum atomic E-state index is 0.753. The fourth-order valence-corrected chi connectivity index (χ4v) is 1.84. The van der Waals surface area contributed by atoms with Gasteiger partial charge in [0, 0.05) is 31.5 Å². The summed E-state index contributed by atoms with van der Waals surface area (Å²) < 4.78 is 4.98. The third kappa shape index (κ3) is 4.40.